The van der Waals surface area contributed by atoms with E-state index in [1.165, 1.54) is 12.8 Å². The van der Waals surface area contributed by atoms with Crippen LogP contribution in [-0.2, 0) is 4.74 Å². The molecule has 0 saturated heterocycles. The Kier molecular flexibility index (Phi) is 7.39. The predicted octanol–water partition coefficient (Wildman–Crippen LogP) is 2.36. The third-order valence-electron chi connectivity index (χ3n) is 1.60. The highest BCUT2D eigenvalue weighted by molar-refractivity contribution is 5.65. The van der Waals surface area contributed by atoms with Gasteiger partial charge in [-0.05, 0) is 13.3 Å². The van der Waals surface area contributed by atoms with Crippen molar-refractivity contribution in [3.05, 3.63) is 6.23 Å². The lowest BCUT2D eigenvalue weighted by Crippen LogP contribution is -2.26. The number of rotatable bonds is 7. The van der Waals surface area contributed by atoms with E-state index in [-0.39, 0.29) is 0 Å². The first-order chi connectivity index (χ1) is 6.16. The molecule has 0 heterocycles. The lowest BCUT2D eigenvalue weighted by atomic mass is 10.2. The van der Waals surface area contributed by atoms with Crippen molar-refractivity contribution in [2.24, 2.45) is 0 Å². The number of carboxylic acid groups (broad SMARTS) is 1. The van der Waals surface area contributed by atoms with Gasteiger partial charge in [-0.2, -0.15) is 0 Å². The van der Waals surface area contributed by atoms with Gasteiger partial charge in [0.1, 0.15) is 0 Å². The Morgan fingerprint density at radius 3 is 2.62 bits per heavy atom. The summed E-state index contributed by atoms with van der Waals surface area (Å²) in [7, 11) is 0. The van der Waals surface area contributed by atoms with Gasteiger partial charge in [-0.1, -0.05) is 26.2 Å². The molecule has 0 bridgehead atoms. The molecule has 0 atom stereocenters. The molecule has 1 amide bonds. The van der Waals surface area contributed by atoms with E-state index in [0.29, 0.717) is 12.8 Å². The molecule has 0 unspecified atom stereocenters. The van der Waals surface area contributed by atoms with Gasteiger partial charge in [0.2, 0.25) is 0 Å². The number of hydrogen-bond acceptors (Lipinski definition) is 2. The maximum Gasteiger partial charge on any atom is 0.407 e. The summed E-state index contributed by atoms with van der Waals surface area (Å²) >= 11 is 0. The van der Waals surface area contributed by atoms with E-state index in [1.54, 1.807) is 6.92 Å². The zero-order chi connectivity index (χ0) is 10.1. The fourth-order valence-electron chi connectivity index (χ4n) is 0.941. The van der Waals surface area contributed by atoms with Crippen LogP contribution in [-0.4, -0.2) is 17.8 Å². The maximum atomic E-state index is 10.1. The highest BCUT2D eigenvalue weighted by Crippen LogP contribution is 2.02. The molecule has 0 spiro atoms. The van der Waals surface area contributed by atoms with Crippen molar-refractivity contribution in [1.82, 2.24) is 5.32 Å². The molecule has 0 aliphatic rings. The van der Waals surface area contributed by atoms with Crippen molar-refractivity contribution >= 4 is 6.09 Å². The Balaban J connectivity index is 3.17. The zero-order valence-corrected chi connectivity index (χ0v) is 8.30. The normalized spacial score (nSPS) is 10.4. The zero-order valence-electron chi connectivity index (χ0n) is 8.30. The Bertz CT molecular complexity index is 139. The standard InChI is InChI=1S/C9H18NO3/c1-3-4-5-6-7-13-8(2)10-9(11)12/h10H,3-7H2,1-2H3,(H,11,12). The molecule has 4 heteroatoms. The van der Waals surface area contributed by atoms with E-state index in [4.69, 9.17) is 9.84 Å². The minimum atomic E-state index is -1.08. The number of amides is 1. The summed E-state index contributed by atoms with van der Waals surface area (Å²) in [5.74, 6) is 0. The van der Waals surface area contributed by atoms with Gasteiger partial charge in [0, 0.05) is 6.61 Å². The van der Waals surface area contributed by atoms with Crippen molar-refractivity contribution in [2.45, 2.75) is 39.5 Å². The lowest BCUT2D eigenvalue weighted by Gasteiger charge is -2.10. The number of nitrogens with one attached hydrogen (secondary N) is 1. The number of unbranched alkanes of at least 4 members (excludes halogenated alkanes) is 3. The van der Waals surface area contributed by atoms with E-state index >= 15 is 0 Å². The summed E-state index contributed by atoms with van der Waals surface area (Å²) in [6, 6.07) is 0. The van der Waals surface area contributed by atoms with Gasteiger partial charge in [0.15, 0.2) is 6.23 Å². The Hall–Kier alpha value is -0.770. The molecule has 0 saturated carbocycles. The van der Waals surface area contributed by atoms with Gasteiger partial charge >= 0.3 is 6.09 Å². The summed E-state index contributed by atoms with van der Waals surface area (Å²) in [5, 5.41) is 10.5. The van der Waals surface area contributed by atoms with Crippen LogP contribution in [0.4, 0.5) is 4.79 Å². The average Bonchev–Trinajstić information content (AvgIpc) is 2.02. The molecule has 0 aliphatic heterocycles. The smallest absolute Gasteiger partial charge is 0.407 e. The molecule has 0 fully saturated rings. The fourth-order valence-corrected chi connectivity index (χ4v) is 0.941. The quantitative estimate of drug-likeness (QED) is 0.603. The van der Waals surface area contributed by atoms with E-state index in [0.717, 1.165) is 12.8 Å². The topological polar surface area (TPSA) is 58.6 Å². The lowest BCUT2D eigenvalue weighted by molar-refractivity contribution is 0.116. The molecule has 0 aromatic rings. The molecule has 2 N–H and O–H groups in total. The monoisotopic (exact) mass is 188 g/mol. The van der Waals surface area contributed by atoms with E-state index in [9.17, 15) is 4.79 Å². The molecular weight excluding hydrogens is 170 g/mol. The van der Waals surface area contributed by atoms with Gasteiger partial charge in [-0.25, -0.2) is 4.79 Å². The summed E-state index contributed by atoms with van der Waals surface area (Å²) in [6.45, 7) is 4.34. The molecule has 0 aliphatic carbocycles. The summed E-state index contributed by atoms with van der Waals surface area (Å²) in [5.41, 5.74) is 0. The third kappa shape index (κ3) is 9.14. The number of carbonyl (C=O) groups is 1. The van der Waals surface area contributed by atoms with Gasteiger partial charge in [-0.3, -0.25) is 5.32 Å². The molecule has 13 heavy (non-hydrogen) atoms. The first kappa shape index (κ1) is 12.2. The van der Waals surface area contributed by atoms with Crippen molar-refractivity contribution in [2.75, 3.05) is 6.61 Å². The van der Waals surface area contributed by atoms with Crippen LogP contribution in [0.25, 0.3) is 0 Å². The molecular formula is C9H18NO3. The van der Waals surface area contributed by atoms with Crippen LogP contribution in [0, 0.1) is 6.23 Å². The maximum absolute atomic E-state index is 10.1. The molecule has 0 rings (SSSR count). The Labute approximate surface area is 79.3 Å². The predicted molar refractivity (Wildman–Crippen MR) is 50.2 cm³/mol. The average molecular weight is 188 g/mol. The second-order valence-electron chi connectivity index (χ2n) is 2.90. The Morgan fingerprint density at radius 1 is 1.38 bits per heavy atom. The molecule has 77 valence electrons. The first-order valence-electron chi connectivity index (χ1n) is 4.63. The van der Waals surface area contributed by atoms with Crippen molar-refractivity contribution in [3.63, 3.8) is 0 Å². The van der Waals surface area contributed by atoms with E-state index < -0.39 is 6.09 Å². The highest BCUT2D eigenvalue weighted by atomic mass is 16.5. The Morgan fingerprint density at radius 2 is 2.08 bits per heavy atom. The van der Waals surface area contributed by atoms with Crippen LogP contribution >= 0.6 is 0 Å². The number of hydrogen-bond donors (Lipinski definition) is 2. The largest absolute Gasteiger partial charge is 0.465 e. The third-order valence-corrected chi connectivity index (χ3v) is 1.60. The van der Waals surface area contributed by atoms with Crippen LogP contribution in [0.1, 0.15) is 39.5 Å². The fraction of sp³-hybridized carbons (Fsp3) is 0.778. The van der Waals surface area contributed by atoms with Crippen LogP contribution in [0.2, 0.25) is 0 Å². The highest BCUT2D eigenvalue weighted by Gasteiger charge is 2.05. The minimum Gasteiger partial charge on any atom is -0.465 e. The van der Waals surface area contributed by atoms with Gasteiger partial charge < -0.3 is 9.84 Å². The second kappa shape index (κ2) is 7.86. The van der Waals surface area contributed by atoms with Crippen LogP contribution in [0.5, 0.6) is 0 Å². The van der Waals surface area contributed by atoms with Crippen LogP contribution in [0.3, 0.4) is 0 Å². The van der Waals surface area contributed by atoms with Gasteiger partial charge in [0.25, 0.3) is 0 Å². The van der Waals surface area contributed by atoms with Crippen LogP contribution in [0.15, 0.2) is 0 Å². The van der Waals surface area contributed by atoms with Crippen molar-refractivity contribution < 1.29 is 14.6 Å². The summed E-state index contributed by atoms with van der Waals surface area (Å²) < 4.78 is 5.12. The van der Waals surface area contributed by atoms with E-state index in [2.05, 4.69) is 12.2 Å². The molecule has 0 aromatic heterocycles. The second-order valence-corrected chi connectivity index (χ2v) is 2.90. The number of ether oxygens (including phenoxy) is 1. The van der Waals surface area contributed by atoms with Crippen molar-refractivity contribution in [3.8, 4) is 0 Å². The van der Waals surface area contributed by atoms with Crippen molar-refractivity contribution in [1.29, 1.82) is 0 Å². The molecule has 4 nitrogen and oxygen atoms in total. The van der Waals surface area contributed by atoms with Crippen LogP contribution < -0.4 is 5.32 Å². The van der Waals surface area contributed by atoms with Gasteiger partial charge in [-0.15, -0.1) is 0 Å². The van der Waals surface area contributed by atoms with Gasteiger partial charge in [0.05, 0.1) is 0 Å². The molecule has 1 radical (unpaired) electrons. The summed E-state index contributed by atoms with van der Waals surface area (Å²) in [6.07, 6.45) is 3.78. The van der Waals surface area contributed by atoms with E-state index in [1.807, 2.05) is 0 Å². The molecule has 0 aromatic carbocycles. The SMILES string of the molecule is CCCCCCO[C](C)NC(=O)O. The first-order valence-corrected chi connectivity index (χ1v) is 4.63. The minimum absolute atomic E-state index is 0.351. The summed E-state index contributed by atoms with van der Waals surface area (Å²) in [4.78, 5) is 10.1.